The molecule has 0 heterocycles. The van der Waals surface area contributed by atoms with Gasteiger partial charge < -0.3 is 5.32 Å². The predicted molar refractivity (Wildman–Crippen MR) is 73.1 cm³/mol. The average Bonchev–Trinajstić information content (AvgIpc) is 3.07. The van der Waals surface area contributed by atoms with Crippen molar-refractivity contribution in [1.82, 2.24) is 5.32 Å². The first-order valence-corrected chi connectivity index (χ1v) is 6.98. The van der Waals surface area contributed by atoms with Crippen molar-refractivity contribution in [1.29, 1.82) is 0 Å². The van der Waals surface area contributed by atoms with Gasteiger partial charge in [-0.25, -0.2) is 0 Å². The maximum atomic E-state index is 11.9. The number of halogens is 1. The molecule has 0 unspecified atom stereocenters. The SMILES string of the molecule is CCCC1(CNC(=O)c2cccc(Br)c2)CC1. The lowest BCUT2D eigenvalue weighted by Crippen LogP contribution is -2.30. The van der Waals surface area contributed by atoms with Gasteiger partial charge in [-0.1, -0.05) is 35.3 Å². The third-order valence-electron chi connectivity index (χ3n) is 3.45. The van der Waals surface area contributed by atoms with E-state index in [9.17, 15) is 4.79 Å². The Morgan fingerprint density at radius 2 is 2.24 bits per heavy atom. The zero-order chi connectivity index (χ0) is 12.3. The van der Waals surface area contributed by atoms with Gasteiger partial charge >= 0.3 is 0 Å². The molecule has 0 bridgehead atoms. The molecule has 1 saturated carbocycles. The van der Waals surface area contributed by atoms with E-state index < -0.39 is 0 Å². The minimum atomic E-state index is 0.0358. The summed E-state index contributed by atoms with van der Waals surface area (Å²) < 4.78 is 0.944. The van der Waals surface area contributed by atoms with Gasteiger partial charge in [0.25, 0.3) is 5.91 Å². The number of amides is 1. The molecule has 0 radical (unpaired) electrons. The molecule has 0 atom stereocenters. The second-order valence-corrected chi connectivity index (χ2v) is 5.86. The molecule has 1 aliphatic carbocycles. The lowest BCUT2D eigenvalue weighted by molar-refractivity contribution is 0.0943. The number of hydrogen-bond acceptors (Lipinski definition) is 1. The average molecular weight is 296 g/mol. The van der Waals surface area contributed by atoms with Gasteiger partial charge in [0.05, 0.1) is 0 Å². The molecule has 1 fully saturated rings. The molecule has 2 rings (SSSR count). The molecular weight excluding hydrogens is 278 g/mol. The van der Waals surface area contributed by atoms with Crippen LogP contribution in [0, 0.1) is 5.41 Å². The Labute approximate surface area is 111 Å². The van der Waals surface area contributed by atoms with Gasteiger partial charge in [-0.15, -0.1) is 0 Å². The molecule has 0 aromatic heterocycles. The number of carbonyl (C=O) groups is 1. The number of nitrogens with one attached hydrogen (secondary N) is 1. The van der Waals surface area contributed by atoms with Crippen molar-refractivity contribution in [2.75, 3.05) is 6.54 Å². The van der Waals surface area contributed by atoms with Crippen LogP contribution in [0.15, 0.2) is 28.7 Å². The highest BCUT2D eigenvalue weighted by atomic mass is 79.9. The van der Waals surface area contributed by atoms with Crippen LogP contribution in [0.1, 0.15) is 43.0 Å². The summed E-state index contributed by atoms with van der Waals surface area (Å²) in [5.41, 5.74) is 1.14. The van der Waals surface area contributed by atoms with Gasteiger partial charge in [0.1, 0.15) is 0 Å². The number of benzene rings is 1. The van der Waals surface area contributed by atoms with E-state index in [4.69, 9.17) is 0 Å². The Morgan fingerprint density at radius 3 is 2.82 bits per heavy atom. The zero-order valence-electron chi connectivity index (χ0n) is 10.1. The second kappa shape index (κ2) is 5.21. The van der Waals surface area contributed by atoms with Crippen molar-refractivity contribution in [3.63, 3.8) is 0 Å². The van der Waals surface area contributed by atoms with E-state index in [1.54, 1.807) is 0 Å². The largest absolute Gasteiger partial charge is 0.351 e. The fraction of sp³-hybridized carbons (Fsp3) is 0.500. The maximum absolute atomic E-state index is 11.9. The second-order valence-electron chi connectivity index (χ2n) is 4.94. The molecule has 3 heteroatoms. The molecule has 1 amide bonds. The van der Waals surface area contributed by atoms with Crippen LogP contribution in [0.3, 0.4) is 0 Å². The monoisotopic (exact) mass is 295 g/mol. The summed E-state index contributed by atoms with van der Waals surface area (Å²) in [7, 11) is 0. The van der Waals surface area contributed by atoms with E-state index in [1.165, 1.54) is 25.7 Å². The molecule has 92 valence electrons. The van der Waals surface area contributed by atoms with E-state index in [0.717, 1.165) is 16.6 Å². The molecule has 0 aliphatic heterocycles. The molecule has 1 N–H and O–H groups in total. The molecule has 17 heavy (non-hydrogen) atoms. The molecule has 0 spiro atoms. The van der Waals surface area contributed by atoms with E-state index in [-0.39, 0.29) is 5.91 Å². The first kappa shape index (κ1) is 12.6. The van der Waals surface area contributed by atoms with Crippen LogP contribution in [0.4, 0.5) is 0 Å². The third kappa shape index (κ3) is 3.32. The lowest BCUT2D eigenvalue weighted by atomic mass is 10.0. The topological polar surface area (TPSA) is 29.1 Å². The predicted octanol–water partition coefficient (Wildman–Crippen LogP) is 3.76. The summed E-state index contributed by atoms with van der Waals surface area (Å²) in [5.74, 6) is 0.0358. The summed E-state index contributed by atoms with van der Waals surface area (Å²) in [6.45, 7) is 3.03. The molecule has 1 aromatic carbocycles. The normalized spacial score (nSPS) is 16.6. The molecule has 2 nitrogen and oxygen atoms in total. The van der Waals surface area contributed by atoms with E-state index in [2.05, 4.69) is 28.2 Å². The maximum Gasteiger partial charge on any atom is 0.251 e. The van der Waals surface area contributed by atoms with Crippen LogP contribution in [0.25, 0.3) is 0 Å². The Kier molecular flexibility index (Phi) is 3.87. The van der Waals surface area contributed by atoms with Crippen LogP contribution in [0.5, 0.6) is 0 Å². The Morgan fingerprint density at radius 1 is 1.47 bits per heavy atom. The first-order chi connectivity index (χ1) is 8.15. The van der Waals surface area contributed by atoms with Crippen LogP contribution >= 0.6 is 15.9 Å². The number of hydrogen-bond donors (Lipinski definition) is 1. The first-order valence-electron chi connectivity index (χ1n) is 6.19. The van der Waals surface area contributed by atoms with Gasteiger partial charge in [0.2, 0.25) is 0 Å². The van der Waals surface area contributed by atoms with Crippen molar-refractivity contribution >= 4 is 21.8 Å². The van der Waals surface area contributed by atoms with Crippen molar-refractivity contribution in [2.24, 2.45) is 5.41 Å². The van der Waals surface area contributed by atoms with Gasteiger partial charge in [-0.05, 0) is 42.9 Å². The fourth-order valence-electron chi connectivity index (χ4n) is 2.22. The molecule has 0 saturated heterocycles. The summed E-state index contributed by atoms with van der Waals surface area (Å²) in [6, 6.07) is 7.52. The Hall–Kier alpha value is -0.830. The van der Waals surface area contributed by atoms with Crippen molar-refractivity contribution in [3.05, 3.63) is 34.3 Å². The molecule has 1 aliphatic rings. The van der Waals surface area contributed by atoms with Crippen molar-refractivity contribution in [3.8, 4) is 0 Å². The van der Waals surface area contributed by atoms with Crippen molar-refractivity contribution in [2.45, 2.75) is 32.6 Å². The highest BCUT2D eigenvalue weighted by molar-refractivity contribution is 9.10. The number of carbonyl (C=O) groups excluding carboxylic acids is 1. The van der Waals surface area contributed by atoms with E-state index in [0.29, 0.717) is 5.41 Å². The minimum absolute atomic E-state index is 0.0358. The smallest absolute Gasteiger partial charge is 0.251 e. The Balaban J connectivity index is 1.90. The summed E-state index contributed by atoms with van der Waals surface area (Å²) in [4.78, 5) is 11.9. The summed E-state index contributed by atoms with van der Waals surface area (Å²) in [6.07, 6.45) is 4.96. The van der Waals surface area contributed by atoms with Crippen LogP contribution in [-0.2, 0) is 0 Å². The van der Waals surface area contributed by atoms with Crippen LogP contribution in [-0.4, -0.2) is 12.5 Å². The highest BCUT2D eigenvalue weighted by Crippen LogP contribution is 2.48. The van der Waals surface area contributed by atoms with Gasteiger partial charge in [-0.3, -0.25) is 4.79 Å². The van der Waals surface area contributed by atoms with Crippen LogP contribution < -0.4 is 5.32 Å². The van der Waals surface area contributed by atoms with Gasteiger partial charge in [0.15, 0.2) is 0 Å². The third-order valence-corrected chi connectivity index (χ3v) is 3.94. The van der Waals surface area contributed by atoms with Crippen molar-refractivity contribution < 1.29 is 4.79 Å². The molecular formula is C14H18BrNO. The van der Waals surface area contributed by atoms with E-state index in [1.807, 2.05) is 24.3 Å². The standard InChI is InChI=1S/C14H18BrNO/c1-2-6-14(7-8-14)10-16-13(17)11-4-3-5-12(15)9-11/h3-5,9H,2,6-8,10H2,1H3,(H,16,17). The van der Waals surface area contributed by atoms with Gasteiger partial charge in [-0.2, -0.15) is 0 Å². The minimum Gasteiger partial charge on any atom is -0.351 e. The molecule has 1 aromatic rings. The van der Waals surface area contributed by atoms with Crippen LogP contribution in [0.2, 0.25) is 0 Å². The highest BCUT2D eigenvalue weighted by Gasteiger charge is 2.41. The zero-order valence-corrected chi connectivity index (χ0v) is 11.7. The number of rotatable bonds is 5. The Bertz CT molecular complexity index is 412. The van der Waals surface area contributed by atoms with E-state index >= 15 is 0 Å². The fourth-order valence-corrected chi connectivity index (χ4v) is 2.62. The quantitative estimate of drug-likeness (QED) is 0.880. The summed E-state index contributed by atoms with van der Waals surface area (Å²) in [5, 5.41) is 3.05. The van der Waals surface area contributed by atoms with Gasteiger partial charge in [0, 0.05) is 16.6 Å². The summed E-state index contributed by atoms with van der Waals surface area (Å²) >= 11 is 3.38. The lowest BCUT2D eigenvalue weighted by Gasteiger charge is -2.14.